The van der Waals surface area contributed by atoms with Gasteiger partial charge in [0.25, 0.3) is 0 Å². The summed E-state index contributed by atoms with van der Waals surface area (Å²) in [6.45, 7) is 7.45. The third-order valence-electron chi connectivity index (χ3n) is 9.17. The smallest absolute Gasteiger partial charge is 0.0926 e. The second kappa shape index (κ2) is 6.34. The zero-order valence-corrected chi connectivity index (χ0v) is 16.6. The molecule has 3 fully saturated rings. The minimum Gasteiger partial charge on any atom is -0.411 e. The maximum Gasteiger partial charge on any atom is 0.0926 e. The molecule has 7 atom stereocenters. The van der Waals surface area contributed by atoms with Gasteiger partial charge in [0.15, 0.2) is 0 Å². The highest BCUT2D eigenvalue weighted by Crippen LogP contribution is 2.69. The van der Waals surface area contributed by atoms with E-state index >= 15 is 0 Å². The van der Waals surface area contributed by atoms with Crippen LogP contribution in [0, 0.1) is 35.0 Å². The van der Waals surface area contributed by atoms with Gasteiger partial charge in [0, 0.05) is 5.41 Å². The van der Waals surface area contributed by atoms with Crippen molar-refractivity contribution >= 4 is 5.71 Å². The number of fused-ring (bicyclic) bond motifs is 6. The molecule has 4 aliphatic carbocycles. The molecule has 0 amide bonds. The normalized spacial score (nSPS) is 49.6. The third-order valence-corrected chi connectivity index (χ3v) is 9.17. The van der Waals surface area contributed by atoms with Crippen molar-refractivity contribution < 1.29 is 9.94 Å². The number of oxime groups is 1. The summed E-state index contributed by atoms with van der Waals surface area (Å²) in [6.07, 6.45) is 18.6. The highest BCUT2D eigenvalue weighted by molar-refractivity contribution is 5.96. The van der Waals surface area contributed by atoms with Gasteiger partial charge in [0.2, 0.25) is 0 Å². The predicted octanol–water partition coefficient (Wildman–Crippen LogP) is 5.52. The van der Waals surface area contributed by atoms with Gasteiger partial charge in [0.05, 0.1) is 17.9 Å². The molecule has 1 aliphatic heterocycles. The molecule has 5 rings (SSSR count). The summed E-state index contributed by atoms with van der Waals surface area (Å²) in [4.78, 5) is 0. The lowest BCUT2D eigenvalue weighted by atomic mass is 9.47. The van der Waals surface area contributed by atoms with E-state index in [1.54, 1.807) is 0 Å². The quantitative estimate of drug-likeness (QED) is 0.397. The average molecular weight is 368 g/mol. The van der Waals surface area contributed by atoms with Gasteiger partial charge >= 0.3 is 0 Å². The van der Waals surface area contributed by atoms with E-state index in [9.17, 15) is 5.21 Å². The van der Waals surface area contributed by atoms with E-state index in [0.29, 0.717) is 17.3 Å². The lowest BCUT2D eigenvalue weighted by Gasteiger charge is -2.58. The number of allylic oxidation sites excluding steroid dienone is 3. The Morgan fingerprint density at radius 1 is 1.33 bits per heavy atom. The lowest BCUT2D eigenvalue weighted by Crippen LogP contribution is -2.55. The van der Waals surface area contributed by atoms with Crippen molar-refractivity contribution in [3.63, 3.8) is 0 Å². The third kappa shape index (κ3) is 2.27. The average Bonchev–Trinajstić information content (AvgIpc) is 3.33. The lowest BCUT2D eigenvalue weighted by molar-refractivity contribution is -0.128. The monoisotopic (exact) mass is 367 g/mol. The van der Waals surface area contributed by atoms with Gasteiger partial charge in [0.1, 0.15) is 0 Å². The van der Waals surface area contributed by atoms with Crippen LogP contribution in [0.4, 0.5) is 0 Å². The van der Waals surface area contributed by atoms with E-state index in [1.807, 2.05) is 0 Å². The molecule has 3 unspecified atom stereocenters. The van der Waals surface area contributed by atoms with Gasteiger partial charge in [-0.25, -0.2) is 0 Å². The van der Waals surface area contributed by atoms with E-state index in [4.69, 9.17) is 4.74 Å². The number of rotatable bonds is 2. The van der Waals surface area contributed by atoms with Crippen LogP contribution in [0.5, 0.6) is 0 Å². The number of hydrogen-bond donors (Lipinski definition) is 1. The number of nitrogens with zero attached hydrogens (tertiary/aromatic N) is 1. The Balaban J connectivity index is 1.54. The summed E-state index contributed by atoms with van der Waals surface area (Å²) in [5.41, 5.74) is 2.71. The van der Waals surface area contributed by atoms with Crippen molar-refractivity contribution in [2.24, 2.45) is 40.2 Å². The first kappa shape index (κ1) is 17.7. The zero-order chi connectivity index (χ0) is 18.6. The molecule has 0 radical (unpaired) electrons. The Labute approximate surface area is 163 Å². The summed E-state index contributed by atoms with van der Waals surface area (Å²) < 4.78 is 6.46. The fourth-order valence-corrected chi connectivity index (χ4v) is 8.16. The summed E-state index contributed by atoms with van der Waals surface area (Å²) in [5, 5.41) is 12.8. The van der Waals surface area contributed by atoms with Crippen molar-refractivity contribution in [1.29, 1.82) is 0 Å². The summed E-state index contributed by atoms with van der Waals surface area (Å²) in [6, 6.07) is 0. The Bertz CT molecular complexity index is 722. The fraction of sp³-hybridized carbons (Fsp3) is 0.708. The van der Waals surface area contributed by atoms with Crippen LogP contribution < -0.4 is 0 Å². The molecule has 1 N–H and O–H groups in total. The van der Waals surface area contributed by atoms with Crippen molar-refractivity contribution in [1.82, 2.24) is 0 Å². The van der Waals surface area contributed by atoms with Crippen LogP contribution in [0.25, 0.3) is 0 Å². The first-order chi connectivity index (χ1) is 13.2. The molecule has 0 saturated heterocycles. The minimum absolute atomic E-state index is 0.00248. The molecule has 1 spiro atoms. The van der Waals surface area contributed by atoms with Crippen LogP contribution in [0.15, 0.2) is 41.6 Å². The Kier molecular flexibility index (Phi) is 4.16. The SMILES string of the molecule is C=C[C@H]1CC2=C/C(=N/O)CC[C@@H]2C2CC[C@@]3(CC)C(CC[C@@]34C=CCO4)C21. The van der Waals surface area contributed by atoms with E-state index in [0.717, 1.165) is 49.3 Å². The van der Waals surface area contributed by atoms with E-state index in [2.05, 4.69) is 43.0 Å². The summed E-state index contributed by atoms with van der Waals surface area (Å²) in [7, 11) is 0. The van der Waals surface area contributed by atoms with Crippen molar-refractivity contribution in [2.45, 2.75) is 63.9 Å². The van der Waals surface area contributed by atoms with Crippen LogP contribution in [-0.4, -0.2) is 23.1 Å². The molecule has 0 aromatic rings. The van der Waals surface area contributed by atoms with Gasteiger partial charge in [-0.05, 0) is 87.0 Å². The molecule has 5 aliphatic rings. The topological polar surface area (TPSA) is 41.8 Å². The van der Waals surface area contributed by atoms with Gasteiger partial charge in [-0.3, -0.25) is 0 Å². The maximum absolute atomic E-state index is 9.25. The molecule has 146 valence electrons. The van der Waals surface area contributed by atoms with Crippen molar-refractivity contribution in [3.8, 4) is 0 Å². The van der Waals surface area contributed by atoms with E-state index in [1.165, 1.54) is 37.7 Å². The molecule has 27 heavy (non-hydrogen) atoms. The van der Waals surface area contributed by atoms with Gasteiger partial charge in [-0.1, -0.05) is 35.9 Å². The Morgan fingerprint density at radius 2 is 2.22 bits per heavy atom. The van der Waals surface area contributed by atoms with Gasteiger partial charge in [-0.15, -0.1) is 6.58 Å². The van der Waals surface area contributed by atoms with Crippen molar-refractivity contribution in [3.05, 3.63) is 36.5 Å². The molecular formula is C24H33NO2. The summed E-state index contributed by atoms with van der Waals surface area (Å²) >= 11 is 0. The van der Waals surface area contributed by atoms with Crippen LogP contribution >= 0.6 is 0 Å². The molecule has 0 aromatic carbocycles. The van der Waals surface area contributed by atoms with Crippen molar-refractivity contribution in [2.75, 3.05) is 6.61 Å². The second-order valence-electron chi connectivity index (χ2n) is 9.60. The van der Waals surface area contributed by atoms with E-state index in [-0.39, 0.29) is 5.60 Å². The van der Waals surface area contributed by atoms with Gasteiger partial charge in [-0.2, -0.15) is 0 Å². The highest BCUT2D eigenvalue weighted by atomic mass is 16.5. The molecule has 3 heteroatoms. The Hall–Kier alpha value is -1.35. The molecule has 1 heterocycles. The second-order valence-corrected chi connectivity index (χ2v) is 9.60. The summed E-state index contributed by atoms with van der Waals surface area (Å²) in [5.74, 6) is 3.48. The van der Waals surface area contributed by atoms with Crippen LogP contribution in [0.1, 0.15) is 58.3 Å². The first-order valence-electron chi connectivity index (χ1n) is 11.0. The van der Waals surface area contributed by atoms with Crippen LogP contribution in [-0.2, 0) is 4.74 Å². The maximum atomic E-state index is 9.25. The Morgan fingerprint density at radius 3 is 2.93 bits per heavy atom. The fourth-order valence-electron chi connectivity index (χ4n) is 8.16. The van der Waals surface area contributed by atoms with E-state index < -0.39 is 0 Å². The molecular weight excluding hydrogens is 334 g/mol. The molecule has 3 nitrogen and oxygen atoms in total. The predicted molar refractivity (Wildman–Crippen MR) is 108 cm³/mol. The zero-order valence-electron chi connectivity index (χ0n) is 16.6. The highest BCUT2D eigenvalue weighted by Gasteiger charge is 2.65. The number of hydrogen-bond acceptors (Lipinski definition) is 3. The molecule has 0 bridgehead atoms. The molecule has 3 saturated carbocycles. The standard InChI is InChI=1S/C24H33NO2/c1-3-16-14-17-15-18(25-26)6-7-19(17)20-8-11-23(4-2)21(22(16)20)9-12-24(23)10-5-13-27-24/h3,5,10,15-16,19-22,26H,1,4,6-9,11-14H2,2H3/b25-18+/t16-,19-,20?,21?,22?,23-,24-/m0/s1. The van der Waals surface area contributed by atoms with Gasteiger partial charge < -0.3 is 9.94 Å². The van der Waals surface area contributed by atoms with Crippen LogP contribution in [0.3, 0.4) is 0 Å². The van der Waals surface area contributed by atoms with Crippen LogP contribution in [0.2, 0.25) is 0 Å². The first-order valence-corrected chi connectivity index (χ1v) is 11.0. The minimum atomic E-state index is 0.00248. The number of ether oxygens (including phenoxy) is 1. The largest absolute Gasteiger partial charge is 0.411 e. The molecule has 0 aromatic heterocycles.